The van der Waals surface area contributed by atoms with E-state index in [9.17, 15) is 8.42 Å². The molecule has 0 bridgehead atoms. The average Bonchev–Trinajstić information content (AvgIpc) is 3.51. The molecule has 0 spiro atoms. The summed E-state index contributed by atoms with van der Waals surface area (Å²) in [4.78, 5) is 7.61. The predicted molar refractivity (Wildman–Crippen MR) is 143 cm³/mol. The molecule has 1 saturated carbocycles. The van der Waals surface area contributed by atoms with Crippen LogP contribution in [-0.2, 0) is 17.1 Å². The maximum atomic E-state index is 13.6. The Balaban J connectivity index is 1.53. The van der Waals surface area contributed by atoms with Crippen molar-refractivity contribution in [3.63, 3.8) is 0 Å². The molecule has 8 heteroatoms. The third-order valence-electron chi connectivity index (χ3n) is 7.55. The summed E-state index contributed by atoms with van der Waals surface area (Å²) in [5.41, 5.74) is 3.36. The molecule has 1 aliphatic rings. The lowest BCUT2D eigenvalue weighted by molar-refractivity contribution is 0.156. The van der Waals surface area contributed by atoms with Crippen LogP contribution < -0.4 is 0 Å². The van der Waals surface area contributed by atoms with Crippen LogP contribution >= 0.6 is 0 Å². The molecule has 0 atom stereocenters. The molecule has 1 fully saturated rings. The van der Waals surface area contributed by atoms with Gasteiger partial charge in [0, 0.05) is 48.2 Å². The third-order valence-corrected chi connectivity index (χ3v) is 9.21. The van der Waals surface area contributed by atoms with Gasteiger partial charge >= 0.3 is 0 Å². The Bertz CT molecular complexity index is 1430. The van der Waals surface area contributed by atoms with Gasteiger partial charge in [-0.05, 0) is 74.9 Å². The molecule has 36 heavy (non-hydrogen) atoms. The number of aryl methyl sites for hydroxylation is 1. The van der Waals surface area contributed by atoms with Gasteiger partial charge in [-0.1, -0.05) is 32.0 Å². The number of pyridine rings is 1. The largest absolute Gasteiger partial charge is 0.301 e. The minimum atomic E-state index is -3.79. The Kier molecular flexibility index (Phi) is 6.99. The van der Waals surface area contributed by atoms with Crippen molar-refractivity contribution in [2.45, 2.75) is 62.8 Å². The molecule has 0 radical (unpaired) electrons. The van der Waals surface area contributed by atoms with Crippen molar-refractivity contribution in [3.8, 4) is 11.1 Å². The Morgan fingerprint density at radius 2 is 1.78 bits per heavy atom. The second-order valence-corrected chi connectivity index (χ2v) is 11.6. The minimum Gasteiger partial charge on any atom is -0.301 e. The number of fused-ring (bicyclic) bond motifs is 1. The maximum absolute atomic E-state index is 13.6. The fourth-order valence-electron chi connectivity index (χ4n) is 5.66. The van der Waals surface area contributed by atoms with Crippen molar-refractivity contribution in [3.05, 3.63) is 66.7 Å². The molecular weight excluding hydrogens is 470 g/mol. The van der Waals surface area contributed by atoms with E-state index in [0.29, 0.717) is 17.6 Å². The highest BCUT2D eigenvalue weighted by atomic mass is 32.2. The van der Waals surface area contributed by atoms with Crippen LogP contribution in [0.3, 0.4) is 0 Å². The second kappa shape index (κ2) is 10.2. The molecule has 7 nitrogen and oxygen atoms in total. The van der Waals surface area contributed by atoms with E-state index < -0.39 is 10.0 Å². The van der Waals surface area contributed by atoms with Gasteiger partial charge in [0.15, 0.2) is 5.65 Å². The Morgan fingerprint density at radius 3 is 2.42 bits per heavy atom. The van der Waals surface area contributed by atoms with Gasteiger partial charge < -0.3 is 4.90 Å². The first-order valence-corrected chi connectivity index (χ1v) is 14.4. The highest BCUT2D eigenvalue weighted by Crippen LogP contribution is 2.38. The molecule has 0 aliphatic heterocycles. The molecule has 4 aromatic rings. The van der Waals surface area contributed by atoms with E-state index in [1.165, 1.54) is 28.8 Å². The van der Waals surface area contributed by atoms with E-state index in [1.54, 1.807) is 41.3 Å². The third kappa shape index (κ3) is 4.60. The second-order valence-electron chi connectivity index (χ2n) is 9.83. The van der Waals surface area contributed by atoms with Crippen molar-refractivity contribution in [2.24, 2.45) is 7.05 Å². The zero-order chi connectivity index (χ0) is 25.3. The van der Waals surface area contributed by atoms with Crippen molar-refractivity contribution >= 4 is 21.1 Å². The maximum Gasteiger partial charge on any atom is 0.269 e. The standard InChI is InChI=1S/C28H35N5O2S/c1-4-15-32(5-2)24-13-11-21(12-14-24)22-16-26-27(23-18-30-31(3)19-23)20-33(28(26)29-17-22)36(34,35)25-9-7-6-8-10-25/h6-10,16-21,24H,4-5,11-15H2,1-3H3/t21-,24+. The van der Waals surface area contributed by atoms with Crippen molar-refractivity contribution in [1.29, 1.82) is 0 Å². The molecule has 1 aromatic carbocycles. The number of hydrogen-bond donors (Lipinski definition) is 0. The number of nitrogens with zero attached hydrogens (tertiary/aromatic N) is 5. The van der Waals surface area contributed by atoms with Crippen LogP contribution in [0.1, 0.15) is 57.4 Å². The summed E-state index contributed by atoms with van der Waals surface area (Å²) in [6.45, 7) is 6.78. The first-order valence-electron chi connectivity index (χ1n) is 13.0. The van der Waals surface area contributed by atoms with Gasteiger partial charge in [-0.2, -0.15) is 5.10 Å². The Hall–Kier alpha value is -2.97. The summed E-state index contributed by atoms with van der Waals surface area (Å²) >= 11 is 0. The molecule has 0 N–H and O–H groups in total. The molecule has 0 amide bonds. The zero-order valence-electron chi connectivity index (χ0n) is 21.3. The molecule has 3 heterocycles. The topological polar surface area (TPSA) is 73.0 Å². The van der Waals surface area contributed by atoms with E-state index >= 15 is 0 Å². The number of benzene rings is 1. The van der Waals surface area contributed by atoms with Gasteiger partial charge in [0.05, 0.1) is 11.1 Å². The number of aromatic nitrogens is 4. The Labute approximate surface area is 213 Å². The predicted octanol–water partition coefficient (Wildman–Crippen LogP) is 5.43. The van der Waals surface area contributed by atoms with E-state index in [0.717, 1.165) is 42.4 Å². The fraction of sp³-hybridized carbons (Fsp3) is 0.429. The monoisotopic (exact) mass is 505 g/mol. The first kappa shape index (κ1) is 24.7. The average molecular weight is 506 g/mol. The lowest BCUT2D eigenvalue weighted by Crippen LogP contribution is -2.38. The van der Waals surface area contributed by atoms with Gasteiger partial charge in [-0.3, -0.25) is 4.68 Å². The van der Waals surface area contributed by atoms with Crippen LogP contribution in [0.5, 0.6) is 0 Å². The van der Waals surface area contributed by atoms with Gasteiger partial charge in [-0.15, -0.1) is 0 Å². The number of rotatable bonds is 8. The molecule has 5 rings (SSSR count). The molecule has 3 aromatic heterocycles. The summed E-state index contributed by atoms with van der Waals surface area (Å²) in [7, 11) is -1.92. The van der Waals surface area contributed by atoms with Crippen molar-refractivity contribution < 1.29 is 8.42 Å². The van der Waals surface area contributed by atoms with Crippen LogP contribution in [0, 0.1) is 0 Å². The van der Waals surface area contributed by atoms with Gasteiger partial charge in [0.2, 0.25) is 0 Å². The van der Waals surface area contributed by atoms with Crippen molar-refractivity contribution in [1.82, 2.24) is 23.6 Å². The van der Waals surface area contributed by atoms with Crippen LogP contribution in [0.25, 0.3) is 22.2 Å². The zero-order valence-corrected chi connectivity index (χ0v) is 22.2. The lowest BCUT2D eigenvalue weighted by Gasteiger charge is -2.36. The highest BCUT2D eigenvalue weighted by molar-refractivity contribution is 7.90. The highest BCUT2D eigenvalue weighted by Gasteiger charge is 2.28. The van der Waals surface area contributed by atoms with E-state index in [1.807, 2.05) is 25.5 Å². The summed E-state index contributed by atoms with van der Waals surface area (Å²) in [5, 5.41) is 5.17. The van der Waals surface area contributed by atoms with Gasteiger partial charge in [0.25, 0.3) is 10.0 Å². The SMILES string of the molecule is CCCN(CC)[C@H]1CC[C@@H](c2cnc3c(c2)c(-c2cnn(C)c2)cn3S(=O)(=O)c2ccccc2)CC1. The summed E-state index contributed by atoms with van der Waals surface area (Å²) in [6.07, 6.45) is 13.1. The lowest BCUT2D eigenvalue weighted by atomic mass is 9.81. The first-order chi connectivity index (χ1) is 17.4. The van der Waals surface area contributed by atoms with Gasteiger partial charge in [0.1, 0.15) is 0 Å². The Morgan fingerprint density at radius 1 is 1.03 bits per heavy atom. The van der Waals surface area contributed by atoms with Crippen LogP contribution in [0.15, 0.2) is 66.1 Å². The molecular formula is C28H35N5O2S. The van der Waals surface area contributed by atoms with Crippen LogP contribution in [0.2, 0.25) is 0 Å². The number of hydrogen-bond acceptors (Lipinski definition) is 5. The van der Waals surface area contributed by atoms with Crippen LogP contribution in [-0.4, -0.2) is 51.2 Å². The van der Waals surface area contributed by atoms with Crippen molar-refractivity contribution in [2.75, 3.05) is 13.1 Å². The summed E-state index contributed by atoms with van der Waals surface area (Å²) in [6, 6.07) is 11.4. The fourth-order valence-corrected chi connectivity index (χ4v) is 7.00. The summed E-state index contributed by atoms with van der Waals surface area (Å²) in [5.74, 6) is 0.439. The van der Waals surface area contributed by atoms with E-state index in [2.05, 4.69) is 29.9 Å². The normalized spacial score (nSPS) is 18.8. The minimum absolute atomic E-state index is 0.247. The van der Waals surface area contributed by atoms with E-state index in [-0.39, 0.29) is 4.90 Å². The van der Waals surface area contributed by atoms with E-state index in [4.69, 9.17) is 4.98 Å². The molecule has 0 saturated heterocycles. The van der Waals surface area contributed by atoms with Gasteiger partial charge in [-0.25, -0.2) is 17.4 Å². The molecule has 1 aliphatic carbocycles. The molecule has 190 valence electrons. The molecule has 0 unspecified atom stereocenters. The van der Waals surface area contributed by atoms with Crippen LogP contribution in [0.4, 0.5) is 0 Å². The smallest absolute Gasteiger partial charge is 0.269 e. The quantitative estimate of drug-likeness (QED) is 0.319. The summed E-state index contributed by atoms with van der Waals surface area (Å²) < 4.78 is 30.2.